The Morgan fingerprint density at radius 2 is 0.938 bits per heavy atom. The molecular weight excluding hydrogens is 434 g/mol. The maximum atomic E-state index is 14.4. The lowest BCUT2D eigenvalue weighted by molar-refractivity contribution is 0.552. The van der Waals surface area contributed by atoms with Crippen molar-refractivity contribution >= 4 is 25.2 Å². The van der Waals surface area contributed by atoms with Crippen molar-refractivity contribution in [3.63, 3.8) is 0 Å². The van der Waals surface area contributed by atoms with Gasteiger partial charge in [-0.2, -0.15) is 0 Å². The molecule has 2 unspecified atom stereocenters. The van der Waals surface area contributed by atoms with E-state index in [0.717, 1.165) is 11.1 Å². The van der Waals surface area contributed by atoms with E-state index < -0.39 is 24.6 Å². The van der Waals surface area contributed by atoms with Gasteiger partial charge < -0.3 is 9.13 Å². The van der Waals surface area contributed by atoms with E-state index in [4.69, 9.17) is 0 Å². The van der Waals surface area contributed by atoms with Gasteiger partial charge in [0.05, 0.1) is 0 Å². The first kappa shape index (κ1) is 24.6. The number of hydrogen-bond donors (Lipinski definition) is 0. The van der Waals surface area contributed by atoms with Crippen molar-refractivity contribution in [3.05, 3.63) is 84.2 Å². The predicted octanol–water partition coefficient (Wildman–Crippen LogP) is 6.45. The summed E-state index contributed by atoms with van der Waals surface area (Å²) < 4.78 is 28.9. The first-order chi connectivity index (χ1) is 14.9. The van der Waals surface area contributed by atoms with Gasteiger partial charge in [0, 0.05) is 35.0 Å². The number of rotatable bonds is 6. The summed E-state index contributed by atoms with van der Waals surface area (Å²) in [6, 6.07) is 19.2. The fourth-order valence-electron chi connectivity index (χ4n) is 3.80. The minimum Gasteiger partial charge on any atom is -0.316 e. The SMILES string of the molecule is CC(C)(C)P(=O)(Cc1ccccc1CP(=O)(c1ccccn1)C(C)(C)C)c1ccccn1. The van der Waals surface area contributed by atoms with Crippen LogP contribution in [0.3, 0.4) is 0 Å². The molecule has 0 aliphatic carbocycles. The summed E-state index contributed by atoms with van der Waals surface area (Å²) in [5.41, 5.74) is 3.23. The van der Waals surface area contributed by atoms with E-state index in [1.807, 2.05) is 102 Å². The van der Waals surface area contributed by atoms with Crippen LogP contribution in [0, 0.1) is 0 Å². The van der Waals surface area contributed by atoms with Crippen LogP contribution in [0.15, 0.2) is 73.1 Å². The Kier molecular flexibility index (Phi) is 6.99. The van der Waals surface area contributed by atoms with Gasteiger partial charge in [-0.1, -0.05) is 77.9 Å². The first-order valence-electron chi connectivity index (χ1n) is 11.0. The highest BCUT2D eigenvalue weighted by molar-refractivity contribution is 7.72. The molecule has 0 aliphatic rings. The summed E-state index contributed by atoms with van der Waals surface area (Å²) in [5.74, 6) is 0. The molecular formula is C26H34N2O2P2. The average Bonchev–Trinajstić information content (AvgIpc) is 2.74. The van der Waals surface area contributed by atoms with E-state index in [9.17, 15) is 9.13 Å². The molecule has 6 heteroatoms. The highest BCUT2D eigenvalue weighted by Gasteiger charge is 2.42. The molecule has 0 spiro atoms. The third kappa shape index (κ3) is 4.82. The molecule has 32 heavy (non-hydrogen) atoms. The second-order valence-electron chi connectivity index (χ2n) is 10.3. The summed E-state index contributed by atoms with van der Waals surface area (Å²) in [4.78, 5) is 8.95. The quantitative estimate of drug-likeness (QED) is 0.390. The Bertz CT molecular complexity index is 1060. The third-order valence-electron chi connectivity index (χ3n) is 6.11. The molecule has 4 nitrogen and oxygen atoms in total. The molecule has 0 amide bonds. The molecule has 0 fully saturated rings. The zero-order valence-corrected chi connectivity index (χ0v) is 21.7. The van der Waals surface area contributed by atoms with Crippen molar-refractivity contribution in [2.75, 3.05) is 0 Å². The van der Waals surface area contributed by atoms with E-state index in [1.54, 1.807) is 12.4 Å². The molecule has 0 aliphatic heterocycles. The van der Waals surface area contributed by atoms with Crippen LogP contribution < -0.4 is 10.9 Å². The molecule has 0 saturated heterocycles. The van der Waals surface area contributed by atoms with Crippen molar-refractivity contribution in [1.82, 2.24) is 9.97 Å². The van der Waals surface area contributed by atoms with Crippen LogP contribution in [0.1, 0.15) is 52.7 Å². The summed E-state index contributed by atoms with van der Waals surface area (Å²) in [6.45, 7) is 12.1. The molecule has 0 N–H and O–H groups in total. The van der Waals surface area contributed by atoms with Crippen molar-refractivity contribution in [1.29, 1.82) is 0 Å². The topological polar surface area (TPSA) is 59.9 Å². The maximum absolute atomic E-state index is 14.4. The van der Waals surface area contributed by atoms with Crippen molar-refractivity contribution in [3.8, 4) is 0 Å². The standard InChI is InChI=1S/C26H34N2O2P2/c1-25(2,3)31(29,23-15-9-11-17-27-23)19-21-13-7-8-14-22(21)20-32(30,26(4,5)6)24-16-10-12-18-28-24/h7-18H,19-20H2,1-6H3. The average molecular weight is 469 g/mol. The monoisotopic (exact) mass is 468 g/mol. The van der Waals surface area contributed by atoms with Crippen molar-refractivity contribution in [2.45, 2.75) is 64.2 Å². The number of nitrogens with zero attached hydrogens (tertiary/aromatic N) is 2. The lowest BCUT2D eigenvalue weighted by atomic mass is 10.1. The van der Waals surface area contributed by atoms with E-state index in [1.165, 1.54) is 0 Å². The van der Waals surface area contributed by atoms with Crippen LogP contribution in [0.25, 0.3) is 0 Å². The van der Waals surface area contributed by atoms with Gasteiger partial charge in [-0.3, -0.25) is 9.97 Å². The number of pyridine rings is 2. The Morgan fingerprint density at radius 3 is 1.22 bits per heavy atom. The molecule has 0 radical (unpaired) electrons. The van der Waals surface area contributed by atoms with Crippen molar-refractivity contribution < 1.29 is 9.13 Å². The minimum absolute atomic E-state index is 0.385. The lowest BCUT2D eigenvalue weighted by Crippen LogP contribution is -2.27. The summed E-state index contributed by atoms with van der Waals surface area (Å²) in [7, 11) is -5.80. The van der Waals surface area contributed by atoms with Gasteiger partial charge in [0.25, 0.3) is 0 Å². The molecule has 0 saturated carbocycles. The molecule has 3 rings (SSSR count). The lowest BCUT2D eigenvalue weighted by Gasteiger charge is -2.33. The van der Waals surface area contributed by atoms with Gasteiger partial charge in [0.2, 0.25) is 0 Å². The highest BCUT2D eigenvalue weighted by Crippen LogP contribution is 2.61. The Labute approximate surface area is 192 Å². The van der Waals surface area contributed by atoms with Crippen LogP contribution in [-0.4, -0.2) is 20.3 Å². The number of hydrogen-bond acceptors (Lipinski definition) is 4. The van der Waals surface area contributed by atoms with Crippen LogP contribution in [0.5, 0.6) is 0 Å². The summed E-state index contributed by atoms with van der Waals surface area (Å²) in [5, 5.41) is -0.910. The molecule has 2 aromatic heterocycles. The normalized spacial score (nSPS) is 16.2. The minimum atomic E-state index is -2.90. The fourth-order valence-corrected chi connectivity index (χ4v) is 9.19. The molecule has 2 atom stereocenters. The molecule has 170 valence electrons. The van der Waals surface area contributed by atoms with E-state index in [-0.39, 0.29) is 0 Å². The zero-order valence-electron chi connectivity index (χ0n) is 19.9. The van der Waals surface area contributed by atoms with E-state index in [0.29, 0.717) is 23.2 Å². The number of aromatic nitrogens is 2. The Balaban J connectivity index is 2.09. The summed E-state index contributed by atoms with van der Waals surface area (Å²) in [6.07, 6.45) is 4.18. The zero-order chi connectivity index (χ0) is 23.6. The van der Waals surface area contributed by atoms with Gasteiger partial charge in [-0.15, -0.1) is 0 Å². The number of benzene rings is 1. The fraction of sp³-hybridized carbons (Fsp3) is 0.385. The molecule has 1 aromatic carbocycles. The molecule has 3 aromatic rings. The maximum Gasteiger partial charge on any atom is 0.142 e. The van der Waals surface area contributed by atoms with Gasteiger partial charge in [0.1, 0.15) is 25.2 Å². The first-order valence-corrected chi connectivity index (χ1v) is 14.8. The van der Waals surface area contributed by atoms with Crippen LogP contribution in [-0.2, 0) is 21.5 Å². The van der Waals surface area contributed by atoms with Crippen molar-refractivity contribution in [2.24, 2.45) is 0 Å². The second-order valence-corrected chi connectivity index (χ2v) is 17.5. The smallest absolute Gasteiger partial charge is 0.142 e. The van der Waals surface area contributed by atoms with Crippen LogP contribution in [0.2, 0.25) is 0 Å². The second kappa shape index (κ2) is 9.08. The van der Waals surface area contributed by atoms with Gasteiger partial charge in [-0.25, -0.2) is 0 Å². The van der Waals surface area contributed by atoms with Crippen LogP contribution >= 0.6 is 14.3 Å². The van der Waals surface area contributed by atoms with Crippen LogP contribution in [0.4, 0.5) is 0 Å². The Hall–Kier alpha value is -2.02. The van der Waals surface area contributed by atoms with Gasteiger partial charge >= 0.3 is 0 Å². The van der Waals surface area contributed by atoms with E-state index in [2.05, 4.69) is 9.97 Å². The molecule has 2 heterocycles. The predicted molar refractivity (Wildman–Crippen MR) is 136 cm³/mol. The largest absolute Gasteiger partial charge is 0.316 e. The van der Waals surface area contributed by atoms with E-state index >= 15 is 0 Å². The van der Waals surface area contributed by atoms with Gasteiger partial charge in [0.15, 0.2) is 0 Å². The summed E-state index contributed by atoms with van der Waals surface area (Å²) >= 11 is 0. The highest BCUT2D eigenvalue weighted by atomic mass is 31.2. The van der Waals surface area contributed by atoms with Gasteiger partial charge in [-0.05, 0) is 35.4 Å². The third-order valence-corrected chi connectivity index (χ3v) is 14.0. The molecule has 0 bridgehead atoms. The Morgan fingerprint density at radius 1 is 0.594 bits per heavy atom.